The van der Waals surface area contributed by atoms with Crippen molar-refractivity contribution in [3.63, 3.8) is 0 Å². The minimum Gasteiger partial charge on any atom is -0.395 e. The van der Waals surface area contributed by atoms with Gasteiger partial charge < -0.3 is 10.0 Å². The van der Waals surface area contributed by atoms with E-state index in [0.717, 1.165) is 5.56 Å². The van der Waals surface area contributed by atoms with Crippen LogP contribution < -0.4 is 4.90 Å². The summed E-state index contributed by atoms with van der Waals surface area (Å²) in [5.74, 6) is 0.341. The first-order chi connectivity index (χ1) is 13.1. The van der Waals surface area contributed by atoms with Crippen LogP contribution in [0.15, 0.2) is 54.6 Å². The molecule has 3 rings (SSSR count). The molecule has 0 radical (unpaired) electrons. The van der Waals surface area contributed by atoms with Crippen molar-refractivity contribution in [1.29, 1.82) is 5.26 Å². The smallest absolute Gasteiger partial charge is 0.269 e. The number of nitro benzene ring substituents is 1. The third-order valence-corrected chi connectivity index (χ3v) is 3.88. The van der Waals surface area contributed by atoms with E-state index in [1.165, 1.54) is 29.1 Å². The molecule has 9 heteroatoms. The molecule has 27 heavy (non-hydrogen) atoms. The van der Waals surface area contributed by atoms with E-state index in [0.29, 0.717) is 18.1 Å². The minimum atomic E-state index is -0.491. The zero-order valence-electron chi connectivity index (χ0n) is 14.3. The number of aromatic nitrogens is 3. The van der Waals surface area contributed by atoms with Crippen molar-refractivity contribution < 1.29 is 10.0 Å². The van der Waals surface area contributed by atoms with E-state index in [1.54, 1.807) is 4.90 Å². The van der Waals surface area contributed by atoms with Crippen LogP contribution in [-0.2, 0) is 6.54 Å². The van der Waals surface area contributed by atoms with E-state index >= 15 is 0 Å². The lowest BCUT2D eigenvalue weighted by molar-refractivity contribution is -0.384. The van der Waals surface area contributed by atoms with Crippen LogP contribution in [0.2, 0.25) is 0 Å². The summed E-state index contributed by atoms with van der Waals surface area (Å²) in [6, 6.07) is 17.3. The first-order valence-corrected chi connectivity index (χ1v) is 8.14. The number of nitriles is 1. The Labute approximate surface area is 154 Å². The Balaban J connectivity index is 1.94. The molecule has 0 fully saturated rings. The highest BCUT2D eigenvalue weighted by molar-refractivity contribution is 5.51. The van der Waals surface area contributed by atoms with Crippen LogP contribution in [0, 0.1) is 21.4 Å². The lowest BCUT2D eigenvalue weighted by Gasteiger charge is -2.21. The van der Waals surface area contributed by atoms with Crippen molar-refractivity contribution >= 4 is 11.5 Å². The molecule has 1 N–H and O–H groups in total. The van der Waals surface area contributed by atoms with Gasteiger partial charge in [0, 0.05) is 25.2 Å². The first kappa shape index (κ1) is 18.0. The predicted octanol–water partition coefficient (Wildman–Crippen LogP) is 2.05. The molecular weight excluding hydrogens is 348 g/mol. The lowest BCUT2D eigenvalue weighted by atomic mass is 10.2. The number of anilines is 1. The second kappa shape index (κ2) is 8.07. The zero-order valence-corrected chi connectivity index (χ0v) is 14.3. The number of aliphatic hydroxyl groups is 1. The summed E-state index contributed by atoms with van der Waals surface area (Å²) in [6.45, 7) is 0.625. The van der Waals surface area contributed by atoms with Gasteiger partial charge in [-0.2, -0.15) is 5.26 Å². The maximum Gasteiger partial charge on any atom is 0.269 e. The normalized spacial score (nSPS) is 10.4. The van der Waals surface area contributed by atoms with Crippen molar-refractivity contribution in [1.82, 2.24) is 15.0 Å². The van der Waals surface area contributed by atoms with Gasteiger partial charge >= 0.3 is 0 Å². The highest BCUT2D eigenvalue weighted by Crippen LogP contribution is 2.21. The molecule has 0 spiro atoms. The van der Waals surface area contributed by atoms with Gasteiger partial charge in [0.25, 0.3) is 5.69 Å². The Bertz CT molecular complexity index is 963. The van der Waals surface area contributed by atoms with Crippen LogP contribution in [-0.4, -0.2) is 38.2 Å². The second-order valence-corrected chi connectivity index (χ2v) is 5.68. The molecule has 1 aromatic heterocycles. The molecule has 9 nitrogen and oxygen atoms in total. The lowest BCUT2D eigenvalue weighted by Crippen LogP contribution is -2.27. The Hall–Kier alpha value is -3.77. The zero-order chi connectivity index (χ0) is 19.2. The number of non-ortho nitro benzene ring substituents is 1. The summed E-state index contributed by atoms with van der Waals surface area (Å²) >= 11 is 0. The molecule has 0 amide bonds. The fourth-order valence-electron chi connectivity index (χ4n) is 2.59. The number of nitrogens with zero attached hydrogens (tertiary/aromatic N) is 6. The first-order valence-electron chi connectivity index (χ1n) is 8.14. The summed E-state index contributed by atoms with van der Waals surface area (Å²) in [6.07, 6.45) is 0. The van der Waals surface area contributed by atoms with Gasteiger partial charge in [0.15, 0.2) is 5.82 Å². The Morgan fingerprint density at radius 1 is 1.15 bits per heavy atom. The standard InChI is InChI=1S/C18H16N6O3/c19-12-17-18(22(10-11-25)13-14-4-2-1-3-5-14)21-23(20-17)15-6-8-16(9-7-15)24(26)27/h1-9,25H,10-11,13H2. The SMILES string of the molecule is N#Cc1nn(-c2ccc([N+](=O)[O-])cc2)nc1N(CCO)Cc1ccccc1. The minimum absolute atomic E-state index is 0.0439. The third-order valence-electron chi connectivity index (χ3n) is 3.88. The van der Waals surface area contributed by atoms with Crippen LogP contribution in [0.4, 0.5) is 11.5 Å². The average Bonchev–Trinajstić information content (AvgIpc) is 3.13. The van der Waals surface area contributed by atoms with Crippen molar-refractivity contribution in [2.24, 2.45) is 0 Å². The van der Waals surface area contributed by atoms with E-state index < -0.39 is 4.92 Å². The molecule has 0 bridgehead atoms. The predicted molar refractivity (Wildman–Crippen MR) is 97.3 cm³/mol. The number of hydrogen-bond acceptors (Lipinski definition) is 7. The van der Waals surface area contributed by atoms with Crippen LogP contribution in [0.5, 0.6) is 0 Å². The van der Waals surface area contributed by atoms with Gasteiger partial charge in [0.05, 0.1) is 17.2 Å². The van der Waals surface area contributed by atoms with Crippen molar-refractivity contribution in [3.8, 4) is 11.8 Å². The van der Waals surface area contributed by atoms with Crippen molar-refractivity contribution in [3.05, 3.63) is 76.0 Å². The molecule has 0 unspecified atom stereocenters. The van der Waals surface area contributed by atoms with Crippen LogP contribution >= 0.6 is 0 Å². The van der Waals surface area contributed by atoms with Crippen molar-refractivity contribution in [2.45, 2.75) is 6.54 Å². The molecule has 1 heterocycles. The summed E-state index contributed by atoms with van der Waals surface area (Å²) in [4.78, 5) is 13.3. The topological polar surface area (TPSA) is 121 Å². The molecule has 3 aromatic rings. The van der Waals surface area contributed by atoms with Gasteiger partial charge in [-0.1, -0.05) is 30.3 Å². The van der Waals surface area contributed by atoms with Gasteiger partial charge in [-0.3, -0.25) is 10.1 Å². The van der Waals surface area contributed by atoms with Crippen molar-refractivity contribution in [2.75, 3.05) is 18.1 Å². The molecule has 136 valence electrons. The van der Waals surface area contributed by atoms with E-state index in [4.69, 9.17) is 0 Å². The van der Waals surface area contributed by atoms with Gasteiger partial charge in [0.1, 0.15) is 6.07 Å². The number of hydrogen-bond donors (Lipinski definition) is 1. The maximum absolute atomic E-state index is 10.8. The molecule has 0 aliphatic rings. The van der Waals surface area contributed by atoms with Gasteiger partial charge in [-0.25, -0.2) is 0 Å². The quantitative estimate of drug-likeness (QED) is 0.503. The van der Waals surface area contributed by atoms with Crippen LogP contribution in [0.3, 0.4) is 0 Å². The molecule has 0 aliphatic carbocycles. The fraction of sp³-hybridized carbons (Fsp3) is 0.167. The summed E-state index contributed by atoms with van der Waals surface area (Å²) in [5.41, 5.74) is 1.56. The number of benzene rings is 2. The Morgan fingerprint density at radius 3 is 2.44 bits per heavy atom. The molecule has 0 saturated heterocycles. The highest BCUT2D eigenvalue weighted by Gasteiger charge is 2.19. The summed E-state index contributed by atoms with van der Waals surface area (Å²) < 4.78 is 0. The van der Waals surface area contributed by atoms with Gasteiger partial charge in [0.2, 0.25) is 5.69 Å². The van der Waals surface area contributed by atoms with Crippen LogP contribution in [0.25, 0.3) is 5.69 Å². The third kappa shape index (κ3) is 4.08. The molecule has 0 aliphatic heterocycles. The molecule has 2 aromatic carbocycles. The number of nitro groups is 1. The largest absolute Gasteiger partial charge is 0.395 e. The van der Waals surface area contributed by atoms with Crippen LogP contribution in [0.1, 0.15) is 11.3 Å². The maximum atomic E-state index is 10.8. The highest BCUT2D eigenvalue weighted by atomic mass is 16.6. The average molecular weight is 364 g/mol. The van der Waals surface area contributed by atoms with E-state index in [2.05, 4.69) is 10.2 Å². The number of rotatable bonds is 7. The Kier molecular flexibility index (Phi) is 5.39. The van der Waals surface area contributed by atoms with E-state index in [9.17, 15) is 20.5 Å². The summed E-state index contributed by atoms with van der Waals surface area (Å²) in [7, 11) is 0. The second-order valence-electron chi connectivity index (χ2n) is 5.68. The monoisotopic (exact) mass is 364 g/mol. The molecule has 0 atom stereocenters. The molecule has 0 saturated carbocycles. The fourth-order valence-corrected chi connectivity index (χ4v) is 2.59. The van der Waals surface area contributed by atoms with E-state index in [-0.39, 0.29) is 24.5 Å². The summed E-state index contributed by atoms with van der Waals surface area (Å²) in [5, 5.41) is 38.2. The van der Waals surface area contributed by atoms with E-state index in [1.807, 2.05) is 36.4 Å². The van der Waals surface area contributed by atoms with Gasteiger partial charge in [-0.05, 0) is 17.7 Å². The Morgan fingerprint density at radius 2 is 1.85 bits per heavy atom. The van der Waals surface area contributed by atoms with Gasteiger partial charge in [-0.15, -0.1) is 15.0 Å². The molecular formula is C18H16N6O3. The number of aliphatic hydroxyl groups excluding tert-OH is 1.